The maximum atomic E-state index is 8.58. The predicted octanol–water partition coefficient (Wildman–Crippen LogP) is -0.166. The maximum Gasteiger partial charge on any atom is 0.0462 e. The van der Waals surface area contributed by atoms with Crippen molar-refractivity contribution in [3.8, 4) is 0 Å². The lowest BCUT2D eigenvalue weighted by atomic mass is 10.3. The summed E-state index contributed by atoms with van der Waals surface area (Å²) in [5.41, 5.74) is 0. The van der Waals surface area contributed by atoms with E-state index in [1.807, 2.05) is 7.05 Å². The fraction of sp³-hybridized carbons (Fsp3) is 1.00. The number of hydrogen-bond donors (Lipinski definition) is 2. The highest BCUT2D eigenvalue weighted by Crippen LogP contribution is 2.36. The zero-order valence-electron chi connectivity index (χ0n) is 5.22. The fourth-order valence-corrected chi connectivity index (χ4v) is 1.05. The molecule has 2 atom stereocenters. The molecule has 0 amide bonds. The minimum Gasteiger partial charge on any atom is -0.396 e. The molecule has 0 aliphatic heterocycles. The van der Waals surface area contributed by atoms with Crippen LogP contribution in [0.3, 0.4) is 0 Å². The molecule has 2 nitrogen and oxygen atoms in total. The summed E-state index contributed by atoms with van der Waals surface area (Å²) in [7, 11) is 1.95. The van der Waals surface area contributed by atoms with E-state index in [0.29, 0.717) is 12.5 Å². The van der Waals surface area contributed by atoms with Gasteiger partial charge in [-0.05, 0) is 31.8 Å². The monoisotopic (exact) mass is 115 g/mol. The van der Waals surface area contributed by atoms with Crippen molar-refractivity contribution >= 4 is 0 Å². The second kappa shape index (κ2) is 2.46. The smallest absolute Gasteiger partial charge is 0.0462 e. The average Bonchev–Trinajstić information content (AvgIpc) is 2.48. The second-order valence-corrected chi connectivity index (χ2v) is 2.50. The summed E-state index contributed by atoms with van der Waals surface area (Å²) in [6.07, 6.45) is 1.22. The Bertz CT molecular complexity index is 74.9. The van der Waals surface area contributed by atoms with Crippen LogP contribution in [0.4, 0.5) is 0 Å². The van der Waals surface area contributed by atoms with Gasteiger partial charge < -0.3 is 10.4 Å². The Morgan fingerprint density at radius 3 is 2.75 bits per heavy atom. The number of aliphatic hydroxyl groups is 1. The van der Waals surface area contributed by atoms with E-state index in [1.54, 1.807) is 0 Å². The van der Waals surface area contributed by atoms with Crippen molar-refractivity contribution in [3.05, 3.63) is 0 Å². The van der Waals surface area contributed by atoms with E-state index in [-0.39, 0.29) is 0 Å². The molecule has 1 aliphatic carbocycles. The first-order valence-electron chi connectivity index (χ1n) is 3.14. The number of rotatable bonds is 3. The quantitative estimate of drug-likeness (QED) is 0.535. The van der Waals surface area contributed by atoms with E-state index in [9.17, 15) is 0 Å². The Kier molecular flexibility index (Phi) is 1.86. The van der Waals surface area contributed by atoms with Gasteiger partial charge in [0.1, 0.15) is 0 Å². The zero-order valence-corrected chi connectivity index (χ0v) is 5.22. The predicted molar refractivity (Wildman–Crippen MR) is 32.6 cm³/mol. The van der Waals surface area contributed by atoms with E-state index in [4.69, 9.17) is 5.11 Å². The Balaban J connectivity index is 1.99. The first-order chi connectivity index (χ1) is 3.88. The van der Waals surface area contributed by atoms with Crippen LogP contribution >= 0.6 is 0 Å². The SMILES string of the molecule is CNC[C@H]1C[C@@H]1CO. The summed E-state index contributed by atoms with van der Waals surface area (Å²) in [5, 5.41) is 11.7. The third-order valence-electron chi connectivity index (χ3n) is 1.77. The Morgan fingerprint density at radius 2 is 2.38 bits per heavy atom. The standard InChI is InChI=1S/C6H13NO/c1-7-3-5-2-6(5)4-8/h5-8H,2-4H2,1H3/t5-,6-/m1/s1. The molecular weight excluding hydrogens is 102 g/mol. The summed E-state index contributed by atoms with van der Waals surface area (Å²) in [6, 6.07) is 0. The van der Waals surface area contributed by atoms with Crippen LogP contribution in [0.2, 0.25) is 0 Å². The molecule has 0 unspecified atom stereocenters. The van der Waals surface area contributed by atoms with E-state index in [0.717, 1.165) is 12.5 Å². The first-order valence-corrected chi connectivity index (χ1v) is 3.14. The fourth-order valence-electron chi connectivity index (χ4n) is 1.05. The highest BCUT2D eigenvalue weighted by atomic mass is 16.3. The molecule has 0 saturated heterocycles. The summed E-state index contributed by atoms with van der Waals surface area (Å²) >= 11 is 0. The van der Waals surface area contributed by atoms with Crippen LogP contribution in [0.25, 0.3) is 0 Å². The van der Waals surface area contributed by atoms with Crippen LogP contribution in [0, 0.1) is 11.8 Å². The highest BCUT2D eigenvalue weighted by Gasteiger charge is 2.34. The molecule has 0 spiro atoms. The second-order valence-electron chi connectivity index (χ2n) is 2.50. The Hall–Kier alpha value is -0.0800. The maximum absolute atomic E-state index is 8.58. The van der Waals surface area contributed by atoms with Crippen molar-refractivity contribution in [2.75, 3.05) is 20.2 Å². The molecule has 1 saturated carbocycles. The van der Waals surface area contributed by atoms with Crippen LogP contribution in [-0.4, -0.2) is 25.3 Å². The molecule has 1 aliphatic rings. The Labute approximate surface area is 49.9 Å². The highest BCUT2D eigenvalue weighted by molar-refractivity contribution is 4.86. The molecule has 0 aromatic rings. The van der Waals surface area contributed by atoms with Gasteiger partial charge in [-0.1, -0.05) is 0 Å². The van der Waals surface area contributed by atoms with Gasteiger partial charge in [-0.25, -0.2) is 0 Å². The van der Waals surface area contributed by atoms with Crippen molar-refractivity contribution in [1.29, 1.82) is 0 Å². The summed E-state index contributed by atoms with van der Waals surface area (Å²) in [6.45, 7) is 1.46. The van der Waals surface area contributed by atoms with Crippen molar-refractivity contribution in [1.82, 2.24) is 5.32 Å². The lowest BCUT2D eigenvalue weighted by molar-refractivity contribution is 0.268. The van der Waals surface area contributed by atoms with Crippen molar-refractivity contribution in [3.63, 3.8) is 0 Å². The average molecular weight is 115 g/mol. The topological polar surface area (TPSA) is 32.3 Å². The number of nitrogens with one attached hydrogen (secondary N) is 1. The van der Waals surface area contributed by atoms with Gasteiger partial charge in [-0.15, -0.1) is 0 Å². The van der Waals surface area contributed by atoms with E-state index in [1.165, 1.54) is 6.42 Å². The lowest BCUT2D eigenvalue weighted by Crippen LogP contribution is -2.11. The van der Waals surface area contributed by atoms with Crippen LogP contribution in [0.1, 0.15) is 6.42 Å². The van der Waals surface area contributed by atoms with Gasteiger partial charge in [-0.3, -0.25) is 0 Å². The molecule has 0 radical (unpaired) electrons. The minimum absolute atomic E-state index is 0.381. The van der Waals surface area contributed by atoms with Crippen LogP contribution < -0.4 is 5.32 Å². The number of hydrogen-bond acceptors (Lipinski definition) is 2. The number of aliphatic hydroxyl groups excluding tert-OH is 1. The van der Waals surface area contributed by atoms with Gasteiger partial charge in [0, 0.05) is 6.61 Å². The normalized spacial score (nSPS) is 35.2. The third kappa shape index (κ3) is 1.20. The molecule has 1 fully saturated rings. The van der Waals surface area contributed by atoms with Crippen LogP contribution in [0.5, 0.6) is 0 Å². The van der Waals surface area contributed by atoms with Crippen LogP contribution in [0.15, 0.2) is 0 Å². The van der Waals surface area contributed by atoms with Gasteiger partial charge in [-0.2, -0.15) is 0 Å². The molecular formula is C6H13NO. The molecule has 8 heavy (non-hydrogen) atoms. The minimum atomic E-state index is 0.381. The Morgan fingerprint density at radius 1 is 1.62 bits per heavy atom. The zero-order chi connectivity index (χ0) is 5.98. The lowest BCUT2D eigenvalue weighted by Gasteiger charge is -1.92. The van der Waals surface area contributed by atoms with Gasteiger partial charge in [0.2, 0.25) is 0 Å². The van der Waals surface area contributed by atoms with E-state index in [2.05, 4.69) is 5.32 Å². The van der Waals surface area contributed by atoms with Crippen molar-refractivity contribution in [2.45, 2.75) is 6.42 Å². The summed E-state index contributed by atoms with van der Waals surface area (Å²) in [4.78, 5) is 0. The largest absolute Gasteiger partial charge is 0.396 e. The molecule has 1 rings (SSSR count). The van der Waals surface area contributed by atoms with Gasteiger partial charge in [0.15, 0.2) is 0 Å². The van der Waals surface area contributed by atoms with Crippen LogP contribution in [-0.2, 0) is 0 Å². The summed E-state index contributed by atoms with van der Waals surface area (Å²) < 4.78 is 0. The van der Waals surface area contributed by atoms with Gasteiger partial charge >= 0.3 is 0 Å². The van der Waals surface area contributed by atoms with Gasteiger partial charge in [0.05, 0.1) is 0 Å². The molecule has 2 N–H and O–H groups in total. The molecule has 48 valence electrons. The van der Waals surface area contributed by atoms with Crippen molar-refractivity contribution in [2.24, 2.45) is 11.8 Å². The molecule has 2 heteroatoms. The molecule has 0 aromatic carbocycles. The molecule has 0 heterocycles. The van der Waals surface area contributed by atoms with Crippen molar-refractivity contribution < 1.29 is 5.11 Å². The van der Waals surface area contributed by atoms with E-state index < -0.39 is 0 Å². The first kappa shape index (κ1) is 6.05. The molecule has 0 bridgehead atoms. The van der Waals surface area contributed by atoms with Gasteiger partial charge in [0.25, 0.3) is 0 Å². The summed E-state index contributed by atoms with van der Waals surface area (Å²) in [5.74, 6) is 1.38. The third-order valence-corrected chi connectivity index (χ3v) is 1.77. The molecule has 0 aromatic heterocycles. The van der Waals surface area contributed by atoms with E-state index >= 15 is 0 Å².